The van der Waals surface area contributed by atoms with Crippen LogP contribution in [0.4, 0.5) is 5.82 Å². The van der Waals surface area contributed by atoms with E-state index in [4.69, 9.17) is 14.2 Å². The Morgan fingerprint density at radius 1 is 0.972 bits per heavy atom. The van der Waals surface area contributed by atoms with E-state index in [0.717, 1.165) is 16.8 Å². The lowest BCUT2D eigenvalue weighted by atomic mass is 10.1. The van der Waals surface area contributed by atoms with Crippen LogP contribution in [0, 0.1) is 13.8 Å². The Bertz CT molecular complexity index is 1380. The van der Waals surface area contributed by atoms with Crippen molar-refractivity contribution in [1.29, 1.82) is 0 Å². The van der Waals surface area contributed by atoms with Crippen molar-refractivity contribution in [1.82, 2.24) is 9.78 Å². The first kappa shape index (κ1) is 25.6. The van der Waals surface area contributed by atoms with E-state index in [2.05, 4.69) is 10.4 Å². The molecule has 0 saturated heterocycles. The van der Waals surface area contributed by atoms with Gasteiger partial charge in [-0.1, -0.05) is 17.7 Å². The number of benzene rings is 2. The molecule has 1 N–H and O–H groups in total. The molecule has 10 heteroatoms. The lowest BCUT2D eigenvalue weighted by Gasteiger charge is -2.18. The predicted molar refractivity (Wildman–Crippen MR) is 137 cm³/mol. The molecule has 2 aromatic carbocycles. The van der Waals surface area contributed by atoms with Gasteiger partial charge in [-0.15, -0.1) is 0 Å². The summed E-state index contributed by atoms with van der Waals surface area (Å²) in [6, 6.07) is 9.07. The molecule has 2 heterocycles. The minimum Gasteiger partial charge on any atom is -0.490 e. The van der Waals surface area contributed by atoms with Crippen LogP contribution < -0.4 is 19.5 Å². The molecule has 0 unspecified atom stereocenters. The number of nitrogens with zero attached hydrogens (tertiary/aromatic N) is 2. The van der Waals surface area contributed by atoms with Gasteiger partial charge in [0.2, 0.25) is 5.75 Å². The van der Waals surface area contributed by atoms with Crippen molar-refractivity contribution in [3.8, 4) is 22.9 Å². The van der Waals surface area contributed by atoms with Gasteiger partial charge < -0.3 is 19.5 Å². The fraction of sp³-hybridized carbons (Fsp3) is 0.385. The second-order valence-electron chi connectivity index (χ2n) is 8.56. The fourth-order valence-corrected chi connectivity index (χ4v) is 5.78. The first-order valence-electron chi connectivity index (χ1n) is 11.9. The van der Waals surface area contributed by atoms with E-state index in [1.165, 1.54) is 0 Å². The lowest BCUT2D eigenvalue weighted by molar-refractivity contribution is 0.102. The van der Waals surface area contributed by atoms with Crippen LogP contribution in [0.2, 0.25) is 0 Å². The maximum atomic E-state index is 13.5. The number of sulfone groups is 1. The van der Waals surface area contributed by atoms with Crippen molar-refractivity contribution in [2.24, 2.45) is 0 Å². The average molecular weight is 514 g/mol. The Kier molecular flexibility index (Phi) is 7.26. The summed E-state index contributed by atoms with van der Waals surface area (Å²) in [7, 11) is -3.32. The van der Waals surface area contributed by atoms with Crippen molar-refractivity contribution >= 4 is 21.6 Å². The molecule has 0 radical (unpaired) electrons. The summed E-state index contributed by atoms with van der Waals surface area (Å²) in [6.07, 6.45) is 0. The molecular weight excluding hydrogens is 482 g/mol. The highest BCUT2D eigenvalue weighted by atomic mass is 32.2. The molecule has 0 aliphatic carbocycles. The molecule has 192 valence electrons. The quantitative estimate of drug-likeness (QED) is 0.453. The summed E-state index contributed by atoms with van der Waals surface area (Å²) >= 11 is 0. The Balaban J connectivity index is 1.79. The number of aromatic nitrogens is 2. The summed E-state index contributed by atoms with van der Waals surface area (Å²) in [5.41, 5.74) is 4.04. The number of nitrogens with one attached hydrogen (secondary N) is 1. The van der Waals surface area contributed by atoms with Crippen LogP contribution >= 0.6 is 0 Å². The highest BCUT2D eigenvalue weighted by Gasteiger charge is 2.34. The molecule has 1 aromatic heterocycles. The van der Waals surface area contributed by atoms with Crippen LogP contribution in [0.3, 0.4) is 0 Å². The molecule has 0 bridgehead atoms. The number of aryl methyl sites for hydroxylation is 2. The summed E-state index contributed by atoms with van der Waals surface area (Å²) < 4.78 is 43.5. The molecule has 0 spiro atoms. The highest BCUT2D eigenvalue weighted by molar-refractivity contribution is 7.90. The lowest BCUT2D eigenvalue weighted by Crippen LogP contribution is -2.18. The zero-order chi connectivity index (χ0) is 26.0. The van der Waals surface area contributed by atoms with Gasteiger partial charge in [0.05, 0.1) is 42.7 Å². The molecule has 3 aromatic rings. The Hall–Kier alpha value is -3.53. The van der Waals surface area contributed by atoms with Crippen LogP contribution in [-0.2, 0) is 21.3 Å². The number of hydrogen-bond acceptors (Lipinski definition) is 7. The Labute approximate surface area is 211 Å². The third-order valence-electron chi connectivity index (χ3n) is 5.77. The second-order valence-corrected chi connectivity index (χ2v) is 10.6. The van der Waals surface area contributed by atoms with E-state index >= 15 is 0 Å². The van der Waals surface area contributed by atoms with Gasteiger partial charge in [-0.25, -0.2) is 13.1 Å². The molecule has 0 saturated carbocycles. The number of carbonyl (C=O) groups is 1. The third-order valence-corrected chi connectivity index (χ3v) is 7.21. The zero-order valence-corrected chi connectivity index (χ0v) is 22.0. The van der Waals surface area contributed by atoms with Gasteiger partial charge in [-0.2, -0.15) is 5.10 Å². The molecule has 0 atom stereocenters. The summed E-state index contributed by atoms with van der Waals surface area (Å²) in [4.78, 5) is 13.5. The predicted octanol–water partition coefficient (Wildman–Crippen LogP) is 4.37. The van der Waals surface area contributed by atoms with Gasteiger partial charge in [-0.05, 0) is 58.4 Å². The van der Waals surface area contributed by atoms with E-state index in [1.54, 1.807) is 16.8 Å². The van der Waals surface area contributed by atoms with E-state index in [1.807, 2.05) is 52.8 Å². The molecular formula is C26H31N3O6S. The molecule has 4 rings (SSSR count). The van der Waals surface area contributed by atoms with Crippen LogP contribution in [0.1, 0.15) is 53.5 Å². The summed E-state index contributed by atoms with van der Waals surface area (Å²) in [5.74, 6) is 0.781. The van der Waals surface area contributed by atoms with Crippen molar-refractivity contribution in [2.45, 2.75) is 46.1 Å². The number of amides is 1. The second kappa shape index (κ2) is 10.2. The first-order chi connectivity index (χ1) is 17.2. The van der Waals surface area contributed by atoms with Crippen LogP contribution in [0.15, 0.2) is 30.3 Å². The molecule has 1 aliphatic heterocycles. The van der Waals surface area contributed by atoms with E-state index in [0.29, 0.717) is 54.1 Å². The van der Waals surface area contributed by atoms with Crippen LogP contribution in [-0.4, -0.2) is 43.9 Å². The molecule has 36 heavy (non-hydrogen) atoms. The standard InChI is InChI=1S/C26H31N3O6S/c1-6-33-22-12-18(13-23(34-7-2)24(22)35-8-3)26(30)27-25-19-14-36(31,32)15-20(19)28-29(25)21-10-9-16(4)11-17(21)5/h9-13H,6-8,14-15H2,1-5H3,(H,27,30). The van der Waals surface area contributed by atoms with Crippen LogP contribution in [0.25, 0.3) is 5.69 Å². The largest absolute Gasteiger partial charge is 0.490 e. The maximum absolute atomic E-state index is 13.5. The van der Waals surface area contributed by atoms with Gasteiger partial charge in [-0.3, -0.25) is 4.79 Å². The number of ether oxygens (including phenoxy) is 3. The molecule has 9 nitrogen and oxygen atoms in total. The van der Waals surface area contributed by atoms with Gasteiger partial charge in [0.1, 0.15) is 5.82 Å². The number of carbonyl (C=O) groups excluding carboxylic acids is 1. The zero-order valence-electron chi connectivity index (χ0n) is 21.2. The Morgan fingerprint density at radius 3 is 2.19 bits per heavy atom. The molecule has 0 fully saturated rings. The number of anilines is 1. The summed E-state index contributed by atoms with van der Waals surface area (Å²) in [6.45, 7) is 10.6. The monoisotopic (exact) mass is 513 g/mol. The number of rotatable bonds is 9. The van der Waals surface area contributed by atoms with E-state index < -0.39 is 15.7 Å². The minimum atomic E-state index is -3.32. The molecule has 1 amide bonds. The van der Waals surface area contributed by atoms with E-state index in [-0.39, 0.29) is 17.1 Å². The van der Waals surface area contributed by atoms with Gasteiger partial charge in [0.25, 0.3) is 5.91 Å². The van der Waals surface area contributed by atoms with Gasteiger partial charge in [0, 0.05) is 11.1 Å². The smallest absolute Gasteiger partial charge is 0.257 e. The number of hydrogen-bond donors (Lipinski definition) is 1. The highest BCUT2D eigenvalue weighted by Crippen LogP contribution is 2.40. The van der Waals surface area contributed by atoms with Crippen molar-refractivity contribution in [2.75, 3.05) is 25.1 Å². The van der Waals surface area contributed by atoms with Crippen molar-refractivity contribution in [3.63, 3.8) is 0 Å². The van der Waals surface area contributed by atoms with Gasteiger partial charge >= 0.3 is 0 Å². The average Bonchev–Trinajstić information content (AvgIpc) is 3.28. The SMILES string of the molecule is CCOc1cc(C(=O)Nc2c3c(nn2-c2ccc(C)cc2C)CS(=O)(=O)C3)cc(OCC)c1OCC. The van der Waals surface area contributed by atoms with Crippen LogP contribution in [0.5, 0.6) is 17.2 Å². The van der Waals surface area contributed by atoms with Crippen molar-refractivity contribution < 1.29 is 27.4 Å². The topological polar surface area (TPSA) is 109 Å². The van der Waals surface area contributed by atoms with E-state index in [9.17, 15) is 13.2 Å². The third kappa shape index (κ3) is 5.04. The first-order valence-corrected chi connectivity index (χ1v) is 13.8. The van der Waals surface area contributed by atoms with Crippen molar-refractivity contribution in [3.05, 3.63) is 58.3 Å². The summed E-state index contributed by atoms with van der Waals surface area (Å²) in [5, 5.41) is 7.50. The number of fused-ring (bicyclic) bond motifs is 1. The fourth-order valence-electron chi connectivity index (χ4n) is 4.29. The Morgan fingerprint density at radius 2 is 1.61 bits per heavy atom. The minimum absolute atomic E-state index is 0.158. The molecule has 1 aliphatic rings. The maximum Gasteiger partial charge on any atom is 0.257 e. The normalized spacial score (nSPS) is 13.8. The van der Waals surface area contributed by atoms with Gasteiger partial charge in [0.15, 0.2) is 21.3 Å².